The van der Waals surface area contributed by atoms with E-state index in [1.807, 2.05) is 6.08 Å². The Kier molecular flexibility index (Phi) is 13.5. The normalized spacial score (nSPS) is 17.4. The van der Waals surface area contributed by atoms with Crippen molar-refractivity contribution in [3.05, 3.63) is 48.6 Å². The summed E-state index contributed by atoms with van der Waals surface area (Å²) in [7, 11) is 0. The number of unbranched alkanes of at least 4 members (excludes halogenated alkanes) is 2. The molecule has 5 nitrogen and oxygen atoms in total. The van der Waals surface area contributed by atoms with E-state index in [0.29, 0.717) is 6.42 Å². The van der Waals surface area contributed by atoms with E-state index < -0.39 is 23.8 Å². The molecule has 0 radical (unpaired) electrons. The van der Waals surface area contributed by atoms with E-state index in [0.717, 1.165) is 25.7 Å². The number of allylic oxidation sites excluding steroid dienone is 6. The van der Waals surface area contributed by atoms with Crippen LogP contribution in [0.2, 0.25) is 0 Å². The molecule has 0 aromatic carbocycles. The molecule has 3 unspecified atom stereocenters. The minimum absolute atomic E-state index is 0.0167. The van der Waals surface area contributed by atoms with Gasteiger partial charge in [-0.3, -0.25) is 4.79 Å². The van der Waals surface area contributed by atoms with Crippen molar-refractivity contribution in [2.45, 2.75) is 76.6 Å². The van der Waals surface area contributed by atoms with Gasteiger partial charge in [0.25, 0.3) is 0 Å². The van der Waals surface area contributed by atoms with Crippen LogP contribution in [0.5, 0.6) is 0 Å². The maximum atomic E-state index is 10.4. The first kappa shape index (κ1) is 24.3. The van der Waals surface area contributed by atoms with Gasteiger partial charge in [0.05, 0.1) is 17.8 Å². The summed E-state index contributed by atoms with van der Waals surface area (Å²) in [6, 6.07) is 0. The fourth-order valence-corrected chi connectivity index (χ4v) is 2.28. The molecule has 0 bridgehead atoms. The molecule has 0 aliphatic rings. The SMILES string of the molecule is CCCCCC(C)(O)/C=C/C=C/C=C/C=C/C(O)C(O)CCCC(=O)O. The second-order valence-corrected chi connectivity index (χ2v) is 6.67. The summed E-state index contributed by atoms with van der Waals surface area (Å²) in [5, 5.41) is 38.1. The third-order valence-corrected chi connectivity index (χ3v) is 3.89. The summed E-state index contributed by atoms with van der Waals surface area (Å²) in [6.45, 7) is 3.93. The molecule has 0 spiro atoms. The lowest BCUT2D eigenvalue weighted by Gasteiger charge is -2.18. The molecule has 0 fully saturated rings. The average Bonchev–Trinajstić information content (AvgIpc) is 2.56. The summed E-state index contributed by atoms with van der Waals surface area (Å²) in [6.07, 6.45) is 16.4. The molecule has 26 heavy (non-hydrogen) atoms. The molecule has 0 saturated carbocycles. The molecular weight excluding hydrogens is 332 g/mol. The van der Waals surface area contributed by atoms with Gasteiger partial charge >= 0.3 is 5.97 Å². The van der Waals surface area contributed by atoms with Crippen molar-refractivity contribution < 1.29 is 25.2 Å². The predicted octanol–water partition coefficient (Wildman–Crippen LogP) is 3.52. The molecule has 0 heterocycles. The Hall–Kier alpha value is -1.69. The van der Waals surface area contributed by atoms with Crippen LogP contribution in [-0.4, -0.2) is 44.2 Å². The minimum atomic E-state index is -1.02. The number of aliphatic hydroxyl groups excluding tert-OH is 2. The standard InChI is InChI=1S/C21H34O5/c1-3-4-10-16-21(2,26)17-11-8-6-5-7-9-13-18(22)19(23)14-12-15-20(24)25/h5-9,11,13,17-19,22-23,26H,3-4,10,12,14-16H2,1-2H3,(H,24,25)/b7-5+,8-6+,13-9+,17-11+. The molecule has 3 atom stereocenters. The van der Waals surface area contributed by atoms with Gasteiger partial charge in [-0.05, 0) is 26.2 Å². The van der Waals surface area contributed by atoms with E-state index in [9.17, 15) is 20.1 Å². The molecule has 148 valence electrons. The lowest BCUT2D eigenvalue weighted by molar-refractivity contribution is -0.137. The zero-order valence-electron chi connectivity index (χ0n) is 15.9. The molecule has 0 aliphatic heterocycles. The van der Waals surface area contributed by atoms with Crippen LogP contribution < -0.4 is 0 Å². The highest BCUT2D eigenvalue weighted by molar-refractivity contribution is 5.66. The maximum absolute atomic E-state index is 10.4. The van der Waals surface area contributed by atoms with Gasteiger partial charge in [0.1, 0.15) is 0 Å². The van der Waals surface area contributed by atoms with E-state index in [1.54, 1.807) is 43.4 Å². The first-order chi connectivity index (χ1) is 12.3. The van der Waals surface area contributed by atoms with Gasteiger partial charge in [0.2, 0.25) is 0 Å². The van der Waals surface area contributed by atoms with E-state index >= 15 is 0 Å². The molecule has 0 aromatic heterocycles. The number of carboxylic acid groups (broad SMARTS) is 1. The number of carboxylic acids is 1. The van der Waals surface area contributed by atoms with Crippen LogP contribution in [-0.2, 0) is 4.79 Å². The number of aliphatic carboxylic acids is 1. The molecule has 0 aliphatic carbocycles. The molecule has 4 N–H and O–H groups in total. The summed E-state index contributed by atoms with van der Waals surface area (Å²) in [4.78, 5) is 10.4. The van der Waals surface area contributed by atoms with Crippen LogP contribution in [0.3, 0.4) is 0 Å². The maximum Gasteiger partial charge on any atom is 0.303 e. The number of hydrogen-bond acceptors (Lipinski definition) is 4. The van der Waals surface area contributed by atoms with E-state index in [1.165, 1.54) is 6.08 Å². The van der Waals surface area contributed by atoms with Gasteiger partial charge in [-0.25, -0.2) is 0 Å². The Morgan fingerprint density at radius 2 is 1.62 bits per heavy atom. The first-order valence-electron chi connectivity index (χ1n) is 9.28. The smallest absolute Gasteiger partial charge is 0.303 e. The van der Waals surface area contributed by atoms with Crippen molar-refractivity contribution in [2.24, 2.45) is 0 Å². The molecular formula is C21H34O5. The molecule has 0 saturated heterocycles. The highest BCUT2D eigenvalue weighted by Crippen LogP contribution is 2.15. The number of hydrogen-bond donors (Lipinski definition) is 4. The van der Waals surface area contributed by atoms with Crippen molar-refractivity contribution >= 4 is 5.97 Å². The van der Waals surface area contributed by atoms with E-state index in [4.69, 9.17) is 5.11 Å². The van der Waals surface area contributed by atoms with E-state index in [-0.39, 0.29) is 12.8 Å². The van der Waals surface area contributed by atoms with Crippen molar-refractivity contribution in [2.75, 3.05) is 0 Å². The Morgan fingerprint density at radius 1 is 1.00 bits per heavy atom. The number of aliphatic hydroxyl groups is 3. The first-order valence-corrected chi connectivity index (χ1v) is 9.28. The van der Waals surface area contributed by atoms with Crippen LogP contribution in [0.1, 0.15) is 58.8 Å². The van der Waals surface area contributed by atoms with Crippen LogP contribution in [0, 0.1) is 0 Å². The third-order valence-electron chi connectivity index (χ3n) is 3.89. The van der Waals surface area contributed by atoms with Crippen molar-refractivity contribution in [3.63, 3.8) is 0 Å². The van der Waals surface area contributed by atoms with Crippen molar-refractivity contribution in [1.82, 2.24) is 0 Å². The number of rotatable bonds is 14. The second kappa shape index (κ2) is 14.5. The fourth-order valence-electron chi connectivity index (χ4n) is 2.28. The summed E-state index contributed by atoms with van der Waals surface area (Å²) in [5.74, 6) is -0.909. The van der Waals surface area contributed by atoms with Crippen LogP contribution >= 0.6 is 0 Å². The topological polar surface area (TPSA) is 98.0 Å². The Morgan fingerprint density at radius 3 is 2.23 bits per heavy atom. The second-order valence-electron chi connectivity index (χ2n) is 6.67. The van der Waals surface area contributed by atoms with Gasteiger partial charge in [-0.15, -0.1) is 0 Å². The molecule has 5 heteroatoms. The summed E-state index contributed by atoms with van der Waals surface area (Å²) in [5.41, 5.74) is -0.788. The Bertz CT molecular complexity index is 489. The summed E-state index contributed by atoms with van der Waals surface area (Å²) < 4.78 is 0. The quantitative estimate of drug-likeness (QED) is 0.278. The van der Waals surface area contributed by atoms with Crippen molar-refractivity contribution in [1.29, 1.82) is 0 Å². The largest absolute Gasteiger partial charge is 0.481 e. The van der Waals surface area contributed by atoms with Gasteiger partial charge in [0, 0.05) is 6.42 Å². The lowest BCUT2D eigenvalue weighted by Crippen LogP contribution is -2.23. The number of carbonyl (C=O) groups is 1. The van der Waals surface area contributed by atoms with Gasteiger partial charge in [-0.2, -0.15) is 0 Å². The molecule has 0 aromatic rings. The van der Waals surface area contributed by atoms with Crippen LogP contribution in [0.15, 0.2) is 48.6 Å². The van der Waals surface area contributed by atoms with Gasteiger partial charge < -0.3 is 20.4 Å². The Balaban J connectivity index is 4.12. The summed E-state index contributed by atoms with van der Waals surface area (Å²) >= 11 is 0. The van der Waals surface area contributed by atoms with Gasteiger partial charge in [-0.1, -0.05) is 74.8 Å². The minimum Gasteiger partial charge on any atom is -0.481 e. The van der Waals surface area contributed by atoms with Crippen LogP contribution in [0.4, 0.5) is 0 Å². The Labute approximate surface area is 157 Å². The zero-order chi connectivity index (χ0) is 19.8. The average molecular weight is 366 g/mol. The highest BCUT2D eigenvalue weighted by Gasteiger charge is 2.14. The van der Waals surface area contributed by atoms with Gasteiger partial charge in [0.15, 0.2) is 0 Å². The van der Waals surface area contributed by atoms with Crippen LogP contribution in [0.25, 0.3) is 0 Å². The third kappa shape index (κ3) is 14.6. The highest BCUT2D eigenvalue weighted by atomic mass is 16.4. The lowest BCUT2D eigenvalue weighted by atomic mass is 9.98. The zero-order valence-corrected chi connectivity index (χ0v) is 15.9. The van der Waals surface area contributed by atoms with E-state index in [2.05, 4.69) is 6.92 Å². The predicted molar refractivity (Wildman–Crippen MR) is 105 cm³/mol. The monoisotopic (exact) mass is 366 g/mol. The molecule has 0 rings (SSSR count). The molecule has 0 amide bonds. The fraction of sp³-hybridized carbons (Fsp3) is 0.571. The van der Waals surface area contributed by atoms with Crippen molar-refractivity contribution in [3.8, 4) is 0 Å².